The molecule has 0 aliphatic rings. The smallest absolute Gasteiger partial charge is 0.298 e. The molecule has 0 atom stereocenters. The Labute approximate surface area is 172 Å². The SMILES string of the molecule is Cc1ccccc1Cn1c(N/N=C\c2ccccc2)nc2c1c(=O)n(C)c(=O)n2C. The van der Waals surface area contributed by atoms with Crippen molar-refractivity contribution in [2.75, 3.05) is 5.43 Å². The first-order chi connectivity index (χ1) is 14.5. The number of aromatic nitrogens is 4. The number of fused-ring (bicyclic) bond motifs is 1. The van der Waals surface area contributed by atoms with Crippen molar-refractivity contribution in [3.8, 4) is 0 Å². The van der Waals surface area contributed by atoms with Crippen molar-refractivity contribution in [2.24, 2.45) is 19.2 Å². The van der Waals surface area contributed by atoms with E-state index in [0.717, 1.165) is 21.3 Å². The Hall–Kier alpha value is -3.94. The minimum atomic E-state index is -0.424. The highest BCUT2D eigenvalue weighted by Crippen LogP contribution is 2.19. The van der Waals surface area contributed by atoms with Gasteiger partial charge in [0.1, 0.15) is 0 Å². The third-order valence-electron chi connectivity index (χ3n) is 5.12. The molecule has 30 heavy (non-hydrogen) atoms. The van der Waals surface area contributed by atoms with Gasteiger partial charge in [0.05, 0.1) is 12.8 Å². The molecule has 0 radical (unpaired) electrons. The van der Waals surface area contributed by atoms with Crippen molar-refractivity contribution >= 4 is 23.3 Å². The maximum atomic E-state index is 12.9. The first-order valence-corrected chi connectivity index (χ1v) is 9.52. The molecule has 0 fully saturated rings. The molecule has 2 heterocycles. The van der Waals surface area contributed by atoms with Crippen LogP contribution < -0.4 is 16.7 Å². The van der Waals surface area contributed by atoms with Crippen LogP contribution >= 0.6 is 0 Å². The monoisotopic (exact) mass is 402 g/mol. The summed E-state index contributed by atoms with van der Waals surface area (Å²) in [5.41, 5.74) is 5.85. The number of rotatable bonds is 5. The molecule has 0 saturated heterocycles. The molecule has 0 saturated carbocycles. The second kappa shape index (κ2) is 7.82. The topological polar surface area (TPSA) is 86.2 Å². The van der Waals surface area contributed by atoms with E-state index in [9.17, 15) is 9.59 Å². The maximum absolute atomic E-state index is 12.9. The summed E-state index contributed by atoms with van der Waals surface area (Å²) in [4.78, 5) is 29.8. The van der Waals surface area contributed by atoms with Crippen LogP contribution in [0.4, 0.5) is 5.95 Å². The molecule has 0 bridgehead atoms. The summed E-state index contributed by atoms with van der Waals surface area (Å²) < 4.78 is 4.23. The second-order valence-electron chi connectivity index (χ2n) is 7.11. The van der Waals surface area contributed by atoms with Crippen molar-refractivity contribution in [2.45, 2.75) is 13.5 Å². The first kappa shape index (κ1) is 19.4. The van der Waals surface area contributed by atoms with Gasteiger partial charge in [-0.1, -0.05) is 54.6 Å². The molecular formula is C22H22N6O2. The van der Waals surface area contributed by atoms with E-state index in [-0.39, 0.29) is 0 Å². The van der Waals surface area contributed by atoms with Gasteiger partial charge < -0.3 is 0 Å². The number of anilines is 1. The van der Waals surface area contributed by atoms with Gasteiger partial charge in [0.2, 0.25) is 5.95 Å². The van der Waals surface area contributed by atoms with Crippen LogP contribution in [-0.4, -0.2) is 24.9 Å². The highest BCUT2D eigenvalue weighted by atomic mass is 16.2. The zero-order valence-corrected chi connectivity index (χ0v) is 17.0. The number of imidazole rings is 1. The molecule has 0 aliphatic carbocycles. The van der Waals surface area contributed by atoms with Gasteiger partial charge in [-0.15, -0.1) is 0 Å². The van der Waals surface area contributed by atoms with Crippen LogP contribution in [0.5, 0.6) is 0 Å². The Morgan fingerprint density at radius 2 is 1.70 bits per heavy atom. The summed E-state index contributed by atoms with van der Waals surface area (Å²) in [6.45, 7) is 2.43. The van der Waals surface area contributed by atoms with Crippen molar-refractivity contribution in [1.29, 1.82) is 0 Å². The van der Waals surface area contributed by atoms with E-state index >= 15 is 0 Å². The number of aryl methyl sites for hydroxylation is 2. The molecule has 4 rings (SSSR count). The highest BCUT2D eigenvalue weighted by molar-refractivity contribution is 5.80. The van der Waals surface area contributed by atoms with Crippen LogP contribution in [0, 0.1) is 6.92 Å². The van der Waals surface area contributed by atoms with Gasteiger partial charge in [-0.05, 0) is 23.6 Å². The lowest BCUT2D eigenvalue weighted by Crippen LogP contribution is -2.37. The van der Waals surface area contributed by atoms with Crippen LogP contribution in [0.15, 0.2) is 69.3 Å². The Morgan fingerprint density at radius 3 is 2.43 bits per heavy atom. The lowest BCUT2D eigenvalue weighted by atomic mass is 10.1. The fourth-order valence-electron chi connectivity index (χ4n) is 3.35. The lowest BCUT2D eigenvalue weighted by Gasteiger charge is -2.11. The molecular weight excluding hydrogens is 380 g/mol. The fraction of sp³-hybridized carbons (Fsp3) is 0.182. The Kier molecular flexibility index (Phi) is 5.05. The lowest BCUT2D eigenvalue weighted by molar-refractivity contribution is 0.702. The second-order valence-corrected chi connectivity index (χ2v) is 7.11. The van der Waals surface area contributed by atoms with E-state index in [1.54, 1.807) is 17.8 Å². The predicted molar refractivity (Wildman–Crippen MR) is 118 cm³/mol. The zero-order valence-electron chi connectivity index (χ0n) is 17.0. The van der Waals surface area contributed by atoms with Gasteiger partial charge in [0.15, 0.2) is 11.2 Å². The average molecular weight is 402 g/mol. The average Bonchev–Trinajstić information content (AvgIpc) is 3.11. The van der Waals surface area contributed by atoms with Crippen molar-refractivity contribution in [3.63, 3.8) is 0 Å². The molecule has 0 unspecified atom stereocenters. The van der Waals surface area contributed by atoms with Crippen LogP contribution in [0.2, 0.25) is 0 Å². The minimum absolute atomic E-state index is 0.314. The molecule has 2 aromatic heterocycles. The van der Waals surface area contributed by atoms with Gasteiger partial charge in [-0.3, -0.25) is 18.5 Å². The van der Waals surface area contributed by atoms with Crippen molar-refractivity contribution in [3.05, 3.63) is 92.1 Å². The number of hydrogen-bond acceptors (Lipinski definition) is 5. The van der Waals surface area contributed by atoms with Crippen molar-refractivity contribution < 1.29 is 0 Å². The summed E-state index contributed by atoms with van der Waals surface area (Å²) >= 11 is 0. The highest BCUT2D eigenvalue weighted by Gasteiger charge is 2.19. The van der Waals surface area contributed by atoms with Crippen LogP contribution in [-0.2, 0) is 20.6 Å². The van der Waals surface area contributed by atoms with E-state index in [2.05, 4.69) is 15.5 Å². The number of hydrogen-bond donors (Lipinski definition) is 1. The quantitative estimate of drug-likeness (QED) is 0.410. The standard InChI is InChI=1S/C22H22N6O2/c1-15-9-7-8-12-17(15)14-28-18-19(26(2)22(30)27(3)20(18)29)24-21(28)25-23-13-16-10-5-4-6-11-16/h4-13H,14H2,1-3H3,(H,24,25)/b23-13-. The number of nitrogens with one attached hydrogen (secondary N) is 1. The van der Waals surface area contributed by atoms with E-state index in [0.29, 0.717) is 23.7 Å². The molecule has 0 aliphatic heterocycles. The Balaban J connectivity index is 1.86. The molecule has 2 aromatic carbocycles. The van der Waals surface area contributed by atoms with E-state index in [4.69, 9.17) is 0 Å². The molecule has 1 N–H and O–H groups in total. The zero-order chi connectivity index (χ0) is 21.3. The largest absolute Gasteiger partial charge is 0.332 e. The van der Waals surface area contributed by atoms with Crippen LogP contribution in [0.25, 0.3) is 11.2 Å². The third kappa shape index (κ3) is 3.43. The van der Waals surface area contributed by atoms with Gasteiger partial charge in [-0.2, -0.15) is 10.1 Å². The maximum Gasteiger partial charge on any atom is 0.332 e. The molecule has 4 aromatic rings. The normalized spacial score (nSPS) is 11.4. The molecule has 8 nitrogen and oxygen atoms in total. The van der Waals surface area contributed by atoms with Gasteiger partial charge in [0, 0.05) is 14.1 Å². The van der Waals surface area contributed by atoms with E-state index < -0.39 is 11.2 Å². The van der Waals surface area contributed by atoms with Gasteiger partial charge >= 0.3 is 5.69 Å². The van der Waals surface area contributed by atoms with Gasteiger partial charge in [0.25, 0.3) is 5.56 Å². The van der Waals surface area contributed by atoms with Crippen LogP contribution in [0.3, 0.4) is 0 Å². The molecule has 152 valence electrons. The van der Waals surface area contributed by atoms with Gasteiger partial charge in [-0.25, -0.2) is 10.2 Å². The van der Waals surface area contributed by atoms with E-state index in [1.807, 2.05) is 61.5 Å². The Bertz CT molecular complexity index is 1360. The summed E-state index contributed by atoms with van der Waals surface area (Å²) in [5, 5.41) is 4.28. The van der Waals surface area contributed by atoms with E-state index in [1.165, 1.54) is 11.6 Å². The minimum Gasteiger partial charge on any atom is -0.298 e. The Morgan fingerprint density at radius 1 is 1.00 bits per heavy atom. The number of nitrogens with zero attached hydrogens (tertiary/aromatic N) is 5. The summed E-state index contributed by atoms with van der Waals surface area (Å²) in [5.74, 6) is 0.388. The summed E-state index contributed by atoms with van der Waals surface area (Å²) in [7, 11) is 3.07. The number of hydrazone groups is 1. The molecule has 0 spiro atoms. The summed E-state index contributed by atoms with van der Waals surface area (Å²) in [6, 6.07) is 17.6. The summed E-state index contributed by atoms with van der Waals surface area (Å²) in [6.07, 6.45) is 1.68. The third-order valence-corrected chi connectivity index (χ3v) is 5.12. The number of benzene rings is 2. The van der Waals surface area contributed by atoms with Crippen LogP contribution in [0.1, 0.15) is 16.7 Å². The fourth-order valence-corrected chi connectivity index (χ4v) is 3.35. The predicted octanol–water partition coefficient (Wildman–Crippen LogP) is 2.24. The van der Waals surface area contributed by atoms with Crippen molar-refractivity contribution in [1.82, 2.24) is 18.7 Å². The first-order valence-electron chi connectivity index (χ1n) is 9.52. The molecule has 0 amide bonds. The molecule has 8 heteroatoms.